The lowest BCUT2D eigenvalue weighted by Gasteiger charge is -2.26. The van der Waals surface area contributed by atoms with Crippen molar-refractivity contribution < 1.29 is 29.2 Å². The number of imide groups is 1. The molecule has 144 valence electrons. The Morgan fingerprint density at radius 3 is 2.82 bits per heavy atom. The molecule has 1 aromatic heterocycles. The maximum Gasteiger partial charge on any atom is 0.338 e. The van der Waals surface area contributed by atoms with Crippen molar-refractivity contribution in [3.05, 3.63) is 55.4 Å². The highest BCUT2D eigenvalue weighted by Gasteiger charge is 2.42. The maximum atomic E-state index is 12.7. The molecule has 1 unspecified atom stereocenters. The second-order valence-electron chi connectivity index (χ2n) is 6.36. The number of carboxylic acids is 1. The Morgan fingerprint density at radius 1 is 1.39 bits per heavy atom. The molecule has 3 heterocycles. The van der Waals surface area contributed by atoms with Crippen LogP contribution in [0.5, 0.6) is 0 Å². The Bertz CT molecular complexity index is 1060. The van der Waals surface area contributed by atoms with Crippen LogP contribution in [0.25, 0.3) is 0 Å². The molecule has 0 saturated carbocycles. The van der Waals surface area contributed by atoms with Crippen molar-refractivity contribution in [1.29, 1.82) is 0 Å². The Labute approximate surface area is 161 Å². The number of rotatable bonds is 4. The van der Waals surface area contributed by atoms with Crippen LogP contribution in [0.1, 0.15) is 41.5 Å². The molecule has 4 rings (SSSR count). The van der Waals surface area contributed by atoms with Crippen LogP contribution in [-0.2, 0) is 17.8 Å². The van der Waals surface area contributed by atoms with Gasteiger partial charge in [0.05, 0.1) is 35.3 Å². The average Bonchev–Trinajstić information content (AvgIpc) is 3.10. The quantitative estimate of drug-likeness (QED) is 0.444. The summed E-state index contributed by atoms with van der Waals surface area (Å²) in [5, 5.41) is 20.7. The van der Waals surface area contributed by atoms with Gasteiger partial charge >= 0.3 is 5.97 Å². The zero-order valence-corrected chi connectivity index (χ0v) is 15.0. The molecule has 28 heavy (non-hydrogen) atoms. The van der Waals surface area contributed by atoms with Crippen LogP contribution in [-0.4, -0.2) is 45.4 Å². The summed E-state index contributed by atoms with van der Waals surface area (Å²) >= 11 is 1.14. The number of nitro groups is 1. The number of amides is 2. The number of nitrogens with zero attached hydrogens (tertiary/aromatic N) is 2. The number of nitrogens with two attached hydrogens (primary N) is 1. The van der Waals surface area contributed by atoms with E-state index in [9.17, 15) is 29.6 Å². The minimum atomic E-state index is -1.15. The number of carbonyl (C=O) groups excluding carboxylic acids is 2. The molecule has 11 heteroatoms. The average molecular weight is 403 g/mol. The van der Waals surface area contributed by atoms with E-state index in [1.165, 1.54) is 18.2 Å². The van der Waals surface area contributed by atoms with E-state index in [1.807, 2.05) is 0 Å². The van der Waals surface area contributed by atoms with E-state index < -0.39 is 34.5 Å². The number of benzene rings is 1. The van der Waals surface area contributed by atoms with Crippen molar-refractivity contribution in [3.8, 4) is 0 Å². The Balaban J connectivity index is 1.61. The summed E-state index contributed by atoms with van der Waals surface area (Å²) in [6, 6.07) is 3.89. The van der Waals surface area contributed by atoms with Gasteiger partial charge in [0.1, 0.15) is 10.6 Å². The molecule has 1 aromatic carbocycles. The number of aromatic carboxylic acids is 1. The molecule has 3 N–H and O–H groups in total. The highest BCUT2D eigenvalue weighted by atomic mass is 32.1. The summed E-state index contributed by atoms with van der Waals surface area (Å²) in [5.41, 5.74) is 5.64. The zero-order valence-electron chi connectivity index (χ0n) is 14.2. The van der Waals surface area contributed by atoms with Crippen LogP contribution in [0.2, 0.25) is 0 Å². The molecular weight excluding hydrogens is 390 g/mol. The van der Waals surface area contributed by atoms with Crippen LogP contribution in [0, 0.1) is 10.1 Å². The van der Waals surface area contributed by atoms with E-state index in [-0.39, 0.29) is 41.3 Å². The molecule has 10 nitrogen and oxygen atoms in total. The summed E-state index contributed by atoms with van der Waals surface area (Å²) < 4.78 is 5.67. The third kappa shape index (κ3) is 2.63. The van der Waals surface area contributed by atoms with Crippen LogP contribution in [0.15, 0.2) is 18.2 Å². The Morgan fingerprint density at radius 2 is 2.14 bits per heavy atom. The number of hydrogen-bond donors (Lipinski definition) is 2. The summed E-state index contributed by atoms with van der Waals surface area (Å²) in [6.07, 6.45) is -0.471. The first-order valence-corrected chi connectivity index (χ1v) is 8.99. The van der Waals surface area contributed by atoms with Crippen LogP contribution >= 0.6 is 11.3 Å². The van der Waals surface area contributed by atoms with Gasteiger partial charge in [0.2, 0.25) is 0 Å². The van der Waals surface area contributed by atoms with Crippen LogP contribution < -0.4 is 5.73 Å². The monoisotopic (exact) mass is 403 g/mol. The lowest BCUT2D eigenvalue weighted by atomic mass is 10.0. The van der Waals surface area contributed by atoms with Gasteiger partial charge in [-0.1, -0.05) is 6.07 Å². The largest absolute Gasteiger partial charge is 0.478 e. The number of fused-ring (bicyclic) bond motifs is 2. The fourth-order valence-electron chi connectivity index (χ4n) is 3.54. The minimum Gasteiger partial charge on any atom is -0.478 e. The van der Waals surface area contributed by atoms with Gasteiger partial charge in [-0.05, 0) is 11.6 Å². The van der Waals surface area contributed by atoms with Gasteiger partial charge in [-0.3, -0.25) is 24.6 Å². The van der Waals surface area contributed by atoms with E-state index in [4.69, 9.17) is 10.5 Å². The standard InChI is InChI=1S/C17H13N3O7S/c18-14-13(17(23)24)9-4-7(27-6-11(9)28-14)5-19-15(21)8-2-1-3-10(20(25)26)12(8)16(19)22/h1-3,7H,4-6,18H2,(H,23,24). The molecular formula is C17H13N3O7S. The lowest BCUT2D eigenvalue weighted by Crippen LogP contribution is -2.40. The van der Waals surface area contributed by atoms with Gasteiger partial charge in [-0.15, -0.1) is 11.3 Å². The first-order valence-electron chi connectivity index (χ1n) is 8.18. The fourth-order valence-corrected chi connectivity index (χ4v) is 4.55. The number of nitrogen functional groups attached to an aromatic ring is 1. The first-order chi connectivity index (χ1) is 13.3. The van der Waals surface area contributed by atoms with Crippen molar-refractivity contribution in [1.82, 2.24) is 4.90 Å². The predicted octanol–water partition coefficient (Wildman–Crippen LogP) is 1.67. The molecule has 0 fully saturated rings. The fraction of sp³-hybridized carbons (Fsp3) is 0.235. The van der Waals surface area contributed by atoms with Crippen molar-refractivity contribution in [3.63, 3.8) is 0 Å². The molecule has 0 bridgehead atoms. The number of ether oxygens (including phenoxy) is 1. The van der Waals surface area contributed by atoms with Gasteiger partial charge in [-0.25, -0.2) is 4.79 Å². The molecule has 0 radical (unpaired) electrons. The highest BCUT2D eigenvalue weighted by molar-refractivity contribution is 7.16. The SMILES string of the molecule is Nc1sc2c(c1C(=O)O)CC(CN1C(=O)c3cccc([N+](=O)[O-])c3C1=O)OC2. The smallest absolute Gasteiger partial charge is 0.338 e. The molecule has 1 atom stereocenters. The Hall–Kier alpha value is -3.31. The summed E-state index contributed by atoms with van der Waals surface area (Å²) in [6.45, 7) is -0.0246. The number of anilines is 1. The minimum absolute atomic E-state index is 0.0197. The highest BCUT2D eigenvalue weighted by Crippen LogP contribution is 2.37. The maximum absolute atomic E-state index is 12.7. The van der Waals surface area contributed by atoms with Gasteiger partial charge in [0.25, 0.3) is 17.5 Å². The molecule has 0 spiro atoms. The lowest BCUT2D eigenvalue weighted by molar-refractivity contribution is -0.385. The predicted molar refractivity (Wildman–Crippen MR) is 96.4 cm³/mol. The molecule has 2 amide bonds. The third-order valence-corrected chi connectivity index (χ3v) is 5.81. The second-order valence-corrected chi connectivity index (χ2v) is 7.50. The topological polar surface area (TPSA) is 153 Å². The van der Waals surface area contributed by atoms with Crippen molar-refractivity contribution in [2.75, 3.05) is 12.3 Å². The molecule has 2 aliphatic rings. The van der Waals surface area contributed by atoms with Crippen LogP contribution in [0.4, 0.5) is 10.7 Å². The van der Waals surface area contributed by atoms with E-state index in [1.54, 1.807) is 0 Å². The van der Waals surface area contributed by atoms with Crippen molar-refractivity contribution >= 4 is 39.8 Å². The summed E-state index contributed by atoms with van der Waals surface area (Å²) in [5.74, 6) is -2.54. The molecule has 2 aliphatic heterocycles. The number of thiophene rings is 1. The van der Waals surface area contributed by atoms with E-state index in [2.05, 4.69) is 0 Å². The van der Waals surface area contributed by atoms with E-state index in [0.717, 1.165) is 16.2 Å². The number of nitro benzene ring substituents is 1. The van der Waals surface area contributed by atoms with Crippen molar-refractivity contribution in [2.45, 2.75) is 19.1 Å². The third-order valence-electron chi connectivity index (χ3n) is 4.77. The first kappa shape index (κ1) is 18.1. The zero-order chi connectivity index (χ0) is 20.2. The number of hydrogen-bond acceptors (Lipinski definition) is 8. The van der Waals surface area contributed by atoms with Crippen molar-refractivity contribution in [2.24, 2.45) is 0 Å². The van der Waals surface area contributed by atoms with E-state index >= 15 is 0 Å². The Kier molecular flexibility index (Phi) is 4.12. The summed E-state index contributed by atoms with van der Waals surface area (Å²) in [7, 11) is 0. The number of carboxylic acid groups (broad SMARTS) is 1. The molecule has 2 aromatic rings. The van der Waals surface area contributed by atoms with Gasteiger partial charge in [0.15, 0.2) is 0 Å². The number of carbonyl (C=O) groups is 3. The van der Waals surface area contributed by atoms with E-state index in [0.29, 0.717) is 10.4 Å². The van der Waals surface area contributed by atoms with Gasteiger partial charge in [0, 0.05) is 17.4 Å². The van der Waals surface area contributed by atoms with Gasteiger partial charge in [-0.2, -0.15) is 0 Å². The second kappa shape index (κ2) is 6.39. The van der Waals surface area contributed by atoms with Gasteiger partial charge < -0.3 is 15.6 Å². The molecule has 0 saturated heterocycles. The van der Waals surface area contributed by atoms with Crippen LogP contribution in [0.3, 0.4) is 0 Å². The molecule has 0 aliphatic carbocycles. The summed E-state index contributed by atoms with van der Waals surface area (Å²) in [4.78, 5) is 48.8. The normalized spacial score (nSPS) is 18.1.